The molecule has 0 spiro atoms. The number of hydrogen-bond donors (Lipinski definition) is 0. The molecule has 0 radical (unpaired) electrons. The summed E-state index contributed by atoms with van der Waals surface area (Å²) in [6.07, 6.45) is 18.7. The Labute approximate surface area is 393 Å². The van der Waals surface area contributed by atoms with Crippen molar-refractivity contribution in [3.8, 4) is 16.9 Å². The van der Waals surface area contributed by atoms with Gasteiger partial charge in [-0.3, -0.25) is 0 Å². The molecule has 5 heterocycles. The van der Waals surface area contributed by atoms with Gasteiger partial charge in [0.1, 0.15) is 35.1 Å². The van der Waals surface area contributed by atoms with Crippen LogP contribution in [-0.2, 0) is 27.3 Å². The lowest BCUT2D eigenvalue weighted by molar-refractivity contribution is -0.0366. The highest BCUT2D eigenvalue weighted by molar-refractivity contribution is 7.91. The van der Waals surface area contributed by atoms with Crippen molar-refractivity contribution in [2.45, 2.75) is 179 Å². The predicted octanol–water partition coefficient (Wildman–Crippen LogP) is 12.5. The molecule has 5 aromatic rings. The van der Waals surface area contributed by atoms with Crippen molar-refractivity contribution in [1.29, 1.82) is 0 Å². The van der Waals surface area contributed by atoms with Crippen LogP contribution >= 0.6 is 0 Å². The van der Waals surface area contributed by atoms with Crippen LogP contribution in [0.25, 0.3) is 32.9 Å². The van der Waals surface area contributed by atoms with Gasteiger partial charge in [0.05, 0.1) is 23.8 Å². The number of fused-ring (bicyclic) bond motifs is 4. The largest absolute Gasteiger partial charge is 0.609 e. The van der Waals surface area contributed by atoms with E-state index < -0.39 is 16.8 Å². The number of amides is 1. The molecule has 1 aliphatic carbocycles. The third-order valence-corrected chi connectivity index (χ3v) is 15.2. The van der Waals surface area contributed by atoms with Gasteiger partial charge in [0, 0.05) is 58.8 Å². The zero-order valence-electron chi connectivity index (χ0n) is 39.8. The predicted molar refractivity (Wildman–Crippen MR) is 260 cm³/mol. The lowest BCUT2D eigenvalue weighted by atomic mass is 9.88. The van der Waals surface area contributed by atoms with Gasteiger partial charge in [0.2, 0.25) is 0 Å². The molecule has 4 fully saturated rings. The average Bonchev–Trinajstić information content (AvgIpc) is 3.75. The fourth-order valence-electron chi connectivity index (χ4n) is 10.4. The van der Waals surface area contributed by atoms with E-state index >= 15 is 4.39 Å². The van der Waals surface area contributed by atoms with E-state index in [2.05, 4.69) is 17.9 Å². The van der Waals surface area contributed by atoms with Crippen molar-refractivity contribution in [2.24, 2.45) is 0 Å². The zero-order chi connectivity index (χ0) is 46.0. The van der Waals surface area contributed by atoms with Crippen molar-refractivity contribution >= 4 is 44.9 Å². The quantitative estimate of drug-likeness (QED) is 0.0453. The third-order valence-electron chi connectivity index (χ3n) is 14.0. The molecular weight excluding hydrogens is 852 g/mol. The molecule has 1 amide bonds. The second-order valence-corrected chi connectivity index (χ2v) is 21.7. The number of benzene rings is 3. The van der Waals surface area contributed by atoms with Crippen molar-refractivity contribution in [2.75, 3.05) is 30.3 Å². The number of unbranched alkanes of at least 4 members (excludes halogenated alkanes) is 9. The summed E-state index contributed by atoms with van der Waals surface area (Å²) in [7, 11) is 0. The number of halogens is 1. The molecule has 354 valence electrons. The number of rotatable bonds is 19. The van der Waals surface area contributed by atoms with E-state index in [0.29, 0.717) is 53.6 Å². The molecule has 3 aromatic carbocycles. The Hall–Kier alpha value is -4.46. The maximum Gasteiger partial charge on any atom is 0.410 e. The van der Waals surface area contributed by atoms with Gasteiger partial charge >= 0.3 is 11.2 Å². The first-order chi connectivity index (χ1) is 32.0. The highest BCUT2D eigenvalue weighted by Gasteiger charge is 2.48. The highest BCUT2D eigenvalue weighted by Crippen LogP contribution is 2.54. The molecule has 1 saturated carbocycles. The number of ether oxygens (including phenoxy) is 3. The smallest absolute Gasteiger partial charge is 0.410 e. The SMILES string of the molecule is CCCCCCCCCCCC[S+]([O-])c1nc(N2C[C@@H]3C[C@H]2CN3C(=O)OC(C)(C)C)c2cc(C3CC3)c(-c3c(C)c(F)cc4c3cnn4C3CCCCO3)c(OCc3ccccc3)c2n1. The minimum Gasteiger partial charge on any atom is -0.609 e. The first kappa shape index (κ1) is 46.6. The van der Waals surface area contributed by atoms with Gasteiger partial charge in [-0.2, -0.15) is 15.1 Å². The van der Waals surface area contributed by atoms with E-state index in [1.807, 2.05) is 73.8 Å². The number of likely N-dealkylation sites (tertiary alicyclic amines) is 1. The van der Waals surface area contributed by atoms with Crippen LogP contribution in [0.5, 0.6) is 5.75 Å². The summed E-state index contributed by atoms with van der Waals surface area (Å²) in [5.74, 6) is 1.60. The molecule has 2 unspecified atom stereocenters. The van der Waals surface area contributed by atoms with E-state index in [1.54, 1.807) is 6.07 Å². The van der Waals surface area contributed by atoms with Crippen molar-refractivity contribution in [3.05, 3.63) is 71.2 Å². The minimum absolute atomic E-state index is 0.0143. The number of anilines is 1. The van der Waals surface area contributed by atoms with Gasteiger partial charge in [0.25, 0.3) is 0 Å². The maximum absolute atomic E-state index is 16.6. The Balaban J connectivity index is 1.15. The van der Waals surface area contributed by atoms with E-state index in [1.165, 1.54) is 44.9 Å². The van der Waals surface area contributed by atoms with Gasteiger partial charge in [0.15, 0.2) is 12.0 Å². The van der Waals surface area contributed by atoms with Gasteiger partial charge in [-0.05, 0) is 108 Å². The van der Waals surface area contributed by atoms with Gasteiger partial charge in [-0.25, -0.2) is 13.9 Å². The lowest BCUT2D eigenvalue weighted by Gasteiger charge is -2.36. The van der Waals surface area contributed by atoms with Gasteiger partial charge in [-0.15, -0.1) is 0 Å². The third kappa shape index (κ3) is 10.2. The normalized spacial score (nSPS) is 20.2. The second kappa shape index (κ2) is 20.4. The number of hydrogen-bond acceptors (Lipinski definition) is 9. The molecule has 4 atom stereocenters. The van der Waals surface area contributed by atoms with Crippen LogP contribution in [-0.4, -0.2) is 78.4 Å². The van der Waals surface area contributed by atoms with E-state index in [0.717, 1.165) is 90.8 Å². The van der Waals surface area contributed by atoms with Crippen LogP contribution < -0.4 is 9.64 Å². The fraction of sp³-hybridized carbons (Fsp3) is 0.585. The molecule has 2 aromatic heterocycles. The van der Waals surface area contributed by atoms with Crippen LogP contribution in [0.4, 0.5) is 15.0 Å². The Kier molecular flexibility index (Phi) is 14.4. The standard InChI is InChI=1S/C53H69FN6O5S/c1-6-7-8-9-10-11-12-13-14-20-27-66(62)51-56-48-41(50(57-51)58-32-39-28-38(58)33-59(39)52(61)65-53(3,4)5)29-40(37-24-25-37)47(49(48)64-34-36-21-16-15-17-22-36)46-35(2)43(54)30-44-42(46)31-55-60(44)45-23-18-19-26-63-45/h15-17,21-22,29-31,37-39,45H,6-14,18-20,23-28,32-34H2,1-5H3/t38-,39-,45?,66?/m0/s1. The molecular formula is C53H69FN6O5S. The fourth-order valence-corrected chi connectivity index (χ4v) is 11.4. The summed E-state index contributed by atoms with van der Waals surface area (Å²) in [5, 5.41) is 6.79. The van der Waals surface area contributed by atoms with Crippen molar-refractivity contribution in [3.63, 3.8) is 0 Å². The Morgan fingerprint density at radius 1 is 0.909 bits per heavy atom. The maximum atomic E-state index is 16.6. The number of aromatic nitrogens is 4. The molecule has 2 bridgehead atoms. The Bertz CT molecular complexity index is 2480. The molecule has 0 N–H and O–H groups in total. The molecule has 66 heavy (non-hydrogen) atoms. The summed E-state index contributed by atoms with van der Waals surface area (Å²) in [6.45, 7) is 11.7. The lowest BCUT2D eigenvalue weighted by Crippen LogP contribution is -2.50. The van der Waals surface area contributed by atoms with E-state index in [4.69, 9.17) is 29.3 Å². The van der Waals surface area contributed by atoms with Crippen molar-refractivity contribution in [1.82, 2.24) is 24.6 Å². The first-order valence-electron chi connectivity index (χ1n) is 25.0. The van der Waals surface area contributed by atoms with Crippen LogP contribution in [0.15, 0.2) is 53.8 Å². The summed E-state index contributed by atoms with van der Waals surface area (Å²) < 4.78 is 52.2. The van der Waals surface area contributed by atoms with Crippen LogP contribution in [0.2, 0.25) is 0 Å². The first-order valence-corrected chi connectivity index (χ1v) is 26.3. The van der Waals surface area contributed by atoms with Crippen molar-refractivity contribution < 1.29 is 27.9 Å². The zero-order valence-corrected chi connectivity index (χ0v) is 40.6. The van der Waals surface area contributed by atoms with E-state index in [-0.39, 0.29) is 47.9 Å². The van der Waals surface area contributed by atoms with E-state index in [9.17, 15) is 9.35 Å². The number of piperazine rings is 1. The average molecular weight is 921 g/mol. The van der Waals surface area contributed by atoms with Gasteiger partial charge in [-0.1, -0.05) is 88.6 Å². The van der Waals surface area contributed by atoms with Crippen LogP contribution in [0.1, 0.15) is 159 Å². The monoisotopic (exact) mass is 921 g/mol. The highest BCUT2D eigenvalue weighted by atomic mass is 32.2. The summed E-state index contributed by atoms with van der Waals surface area (Å²) in [4.78, 5) is 28.1. The molecule has 3 aliphatic heterocycles. The number of nitrogens with zero attached hydrogens (tertiary/aromatic N) is 6. The topological polar surface area (TPSA) is 118 Å². The summed E-state index contributed by atoms with van der Waals surface area (Å²) in [6, 6.07) is 13.8. The Morgan fingerprint density at radius 3 is 2.32 bits per heavy atom. The molecule has 13 heteroatoms. The number of carbonyl (C=O) groups excluding carboxylic acids is 1. The molecule has 9 rings (SSSR count). The minimum atomic E-state index is -1.50. The Morgan fingerprint density at radius 2 is 1.65 bits per heavy atom. The molecule has 4 aliphatic rings. The summed E-state index contributed by atoms with van der Waals surface area (Å²) >= 11 is -1.50. The molecule has 3 saturated heterocycles. The second-order valence-electron chi connectivity index (χ2n) is 20.2. The van der Waals surface area contributed by atoms with Crippen LogP contribution in [0.3, 0.4) is 0 Å². The molecule has 11 nitrogen and oxygen atoms in total. The number of carbonyl (C=O) groups is 1. The summed E-state index contributed by atoms with van der Waals surface area (Å²) in [5.41, 5.74) is 4.74. The van der Waals surface area contributed by atoms with Gasteiger partial charge < -0.3 is 28.6 Å². The van der Waals surface area contributed by atoms with Crippen LogP contribution in [0, 0.1) is 12.7 Å².